The Morgan fingerprint density at radius 1 is 1.14 bits per heavy atom. The van der Waals surface area contributed by atoms with Gasteiger partial charge in [0.15, 0.2) is 0 Å². The molecule has 1 unspecified atom stereocenters. The van der Waals surface area contributed by atoms with Gasteiger partial charge in [-0.05, 0) is 65.0 Å². The Kier molecular flexibility index (Phi) is 4.59. The van der Waals surface area contributed by atoms with E-state index in [0.717, 1.165) is 24.8 Å². The molecule has 0 heterocycles. The van der Waals surface area contributed by atoms with Crippen LogP contribution in [0.15, 0.2) is 40.8 Å². The van der Waals surface area contributed by atoms with Gasteiger partial charge in [-0.15, -0.1) is 0 Å². The Balaban J connectivity index is 2.17. The third kappa shape index (κ3) is 3.95. The number of aryl methyl sites for hydroxylation is 1. The first-order valence-corrected chi connectivity index (χ1v) is 8.79. The molecule has 1 atom stereocenters. The molecule has 3 nitrogen and oxygen atoms in total. The summed E-state index contributed by atoms with van der Waals surface area (Å²) >= 11 is 0. The van der Waals surface area contributed by atoms with Gasteiger partial charge < -0.3 is 0 Å². The molecule has 0 saturated carbocycles. The lowest BCUT2D eigenvalue weighted by atomic mass is 9.80. The molecule has 0 radical (unpaired) electrons. The molecule has 0 fully saturated rings. The fourth-order valence-electron chi connectivity index (χ4n) is 2.70. The molecule has 0 amide bonds. The van der Waals surface area contributed by atoms with E-state index in [1.165, 1.54) is 5.57 Å². The largest absolute Gasteiger partial charge is 0.297 e. The molecule has 0 N–H and O–H groups in total. The summed E-state index contributed by atoms with van der Waals surface area (Å²) in [6.07, 6.45) is 5.06. The van der Waals surface area contributed by atoms with Gasteiger partial charge >= 0.3 is 0 Å². The van der Waals surface area contributed by atoms with E-state index in [1.54, 1.807) is 24.3 Å². The minimum absolute atomic E-state index is 0.224. The Morgan fingerprint density at radius 3 is 2.29 bits per heavy atom. The van der Waals surface area contributed by atoms with Crippen LogP contribution in [0.25, 0.3) is 0 Å². The van der Waals surface area contributed by atoms with E-state index in [9.17, 15) is 8.42 Å². The van der Waals surface area contributed by atoms with E-state index in [-0.39, 0.29) is 10.8 Å². The van der Waals surface area contributed by atoms with Crippen LogP contribution in [0, 0.1) is 12.8 Å². The fraction of sp³-hybridized carbons (Fsp3) is 0.529. The lowest BCUT2D eigenvalue weighted by molar-refractivity contribution is 0.0452. The number of rotatable bonds is 4. The maximum absolute atomic E-state index is 12.4. The summed E-state index contributed by atoms with van der Waals surface area (Å²) in [4.78, 5) is 0.226. The monoisotopic (exact) mass is 308 g/mol. The smallest absolute Gasteiger partial charge is 0.260 e. The normalized spacial score (nSPS) is 20.2. The predicted molar refractivity (Wildman–Crippen MR) is 84.6 cm³/mol. The summed E-state index contributed by atoms with van der Waals surface area (Å²) in [5, 5.41) is 0. The zero-order valence-electron chi connectivity index (χ0n) is 13.2. The van der Waals surface area contributed by atoms with Gasteiger partial charge in [0, 0.05) is 0 Å². The Labute approximate surface area is 128 Å². The van der Waals surface area contributed by atoms with Gasteiger partial charge in [0.25, 0.3) is 10.1 Å². The second-order valence-corrected chi connectivity index (χ2v) is 8.02. The first-order valence-electron chi connectivity index (χ1n) is 7.39. The molecule has 21 heavy (non-hydrogen) atoms. The van der Waals surface area contributed by atoms with E-state index in [4.69, 9.17) is 4.18 Å². The summed E-state index contributed by atoms with van der Waals surface area (Å²) in [7, 11) is -3.72. The highest BCUT2D eigenvalue weighted by Gasteiger charge is 2.36. The van der Waals surface area contributed by atoms with Crippen LogP contribution in [-0.2, 0) is 14.3 Å². The van der Waals surface area contributed by atoms with Crippen molar-refractivity contribution < 1.29 is 12.6 Å². The number of allylic oxidation sites excluding steroid dienone is 2. The molecule has 0 bridgehead atoms. The van der Waals surface area contributed by atoms with E-state index in [2.05, 4.69) is 13.0 Å². The van der Waals surface area contributed by atoms with Crippen molar-refractivity contribution >= 4 is 10.1 Å². The van der Waals surface area contributed by atoms with Crippen molar-refractivity contribution in [1.82, 2.24) is 0 Å². The molecule has 0 aliphatic heterocycles. The highest BCUT2D eigenvalue weighted by molar-refractivity contribution is 7.86. The highest BCUT2D eigenvalue weighted by atomic mass is 32.2. The number of hydrogen-bond acceptors (Lipinski definition) is 3. The van der Waals surface area contributed by atoms with Crippen molar-refractivity contribution in [3.05, 3.63) is 41.5 Å². The molecule has 2 rings (SSSR count). The molecule has 0 saturated heterocycles. The molecular weight excluding hydrogens is 284 g/mol. The van der Waals surface area contributed by atoms with Crippen molar-refractivity contribution in [2.75, 3.05) is 0 Å². The number of benzene rings is 1. The van der Waals surface area contributed by atoms with Crippen molar-refractivity contribution in [2.45, 2.75) is 57.5 Å². The van der Waals surface area contributed by atoms with Gasteiger partial charge in [-0.3, -0.25) is 4.18 Å². The van der Waals surface area contributed by atoms with Gasteiger partial charge in [-0.2, -0.15) is 8.42 Å². The third-order valence-corrected chi connectivity index (χ3v) is 5.75. The third-order valence-electron chi connectivity index (χ3n) is 4.26. The van der Waals surface area contributed by atoms with E-state index >= 15 is 0 Å². The summed E-state index contributed by atoms with van der Waals surface area (Å²) < 4.78 is 30.4. The van der Waals surface area contributed by atoms with Crippen LogP contribution >= 0.6 is 0 Å². The predicted octanol–water partition coefficient (Wildman–Crippen LogP) is 4.23. The SMILES string of the molecule is CC1=CCC(C(C)(C)OS(=O)(=O)c2ccc(C)cc2)CC1. The van der Waals surface area contributed by atoms with E-state index < -0.39 is 15.7 Å². The molecular formula is C17H24O3S. The Bertz CT molecular complexity index is 625. The minimum atomic E-state index is -3.72. The Morgan fingerprint density at radius 2 is 1.76 bits per heavy atom. The van der Waals surface area contributed by atoms with Crippen LogP contribution in [-0.4, -0.2) is 14.0 Å². The molecule has 0 spiro atoms. The maximum atomic E-state index is 12.4. The topological polar surface area (TPSA) is 43.4 Å². The van der Waals surface area contributed by atoms with Crippen LogP contribution in [0.3, 0.4) is 0 Å². The standard InChI is InChI=1S/C17H24O3S/c1-13-5-9-15(10-6-13)17(3,4)20-21(18,19)16-11-7-14(2)8-12-16/h5,7-8,11-12,15H,6,9-10H2,1-4H3. The summed E-state index contributed by atoms with van der Waals surface area (Å²) in [6.45, 7) is 7.79. The van der Waals surface area contributed by atoms with Gasteiger partial charge in [0.2, 0.25) is 0 Å². The average Bonchev–Trinajstić information content (AvgIpc) is 2.38. The van der Waals surface area contributed by atoms with Gasteiger partial charge in [0.1, 0.15) is 0 Å². The van der Waals surface area contributed by atoms with Crippen LogP contribution in [0.2, 0.25) is 0 Å². The zero-order valence-corrected chi connectivity index (χ0v) is 14.0. The highest BCUT2D eigenvalue weighted by Crippen LogP contribution is 2.36. The van der Waals surface area contributed by atoms with Crippen LogP contribution in [0.4, 0.5) is 0 Å². The summed E-state index contributed by atoms with van der Waals surface area (Å²) in [5.41, 5.74) is 1.71. The molecule has 0 aromatic heterocycles. The molecule has 1 aromatic carbocycles. The number of hydrogen-bond donors (Lipinski definition) is 0. The maximum Gasteiger partial charge on any atom is 0.297 e. The molecule has 116 valence electrons. The second kappa shape index (κ2) is 5.93. The second-order valence-electron chi connectivity index (χ2n) is 6.48. The molecule has 1 aliphatic carbocycles. The zero-order chi connectivity index (χ0) is 15.7. The lowest BCUT2D eigenvalue weighted by Crippen LogP contribution is -2.37. The van der Waals surface area contributed by atoms with Crippen LogP contribution in [0.1, 0.15) is 45.6 Å². The molecule has 4 heteroatoms. The summed E-state index contributed by atoms with van der Waals surface area (Å²) in [6, 6.07) is 6.78. The van der Waals surface area contributed by atoms with Crippen LogP contribution in [0.5, 0.6) is 0 Å². The van der Waals surface area contributed by atoms with Crippen molar-refractivity contribution in [2.24, 2.45) is 5.92 Å². The van der Waals surface area contributed by atoms with E-state index in [0.29, 0.717) is 0 Å². The van der Waals surface area contributed by atoms with Gasteiger partial charge in [-0.25, -0.2) is 0 Å². The Hall–Kier alpha value is -1.13. The summed E-state index contributed by atoms with van der Waals surface area (Å²) in [5.74, 6) is 0.224. The molecule has 1 aromatic rings. The average molecular weight is 308 g/mol. The molecule has 1 aliphatic rings. The lowest BCUT2D eigenvalue weighted by Gasteiger charge is -2.35. The fourth-order valence-corrected chi connectivity index (χ4v) is 3.97. The first-order chi connectivity index (χ1) is 9.71. The van der Waals surface area contributed by atoms with E-state index in [1.807, 2.05) is 20.8 Å². The van der Waals surface area contributed by atoms with Gasteiger partial charge in [-0.1, -0.05) is 29.3 Å². The quantitative estimate of drug-likeness (QED) is 0.617. The van der Waals surface area contributed by atoms with Crippen LogP contribution < -0.4 is 0 Å². The van der Waals surface area contributed by atoms with Crippen molar-refractivity contribution in [3.63, 3.8) is 0 Å². The first kappa shape index (κ1) is 16.2. The van der Waals surface area contributed by atoms with Crippen molar-refractivity contribution in [3.8, 4) is 0 Å². The van der Waals surface area contributed by atoms with Gasteiger partial charge in [0.05, 0.1) is 10.5 Å². The van der Waals surface area contributed by atoms with Crippen molar-refractivity contribution in [1.29, 1.82) is 0 Å². The minimum Gasteiger partial charge on any atom is -0.260 e.